The first-order valence-electron chi connectivity index (χ1n) is 9.37. The van der Waals surface area contributed by atoms with Gasteiger partial charge in [-0.25, -0.2) is 9.37 Å². The molecule has 0 aliphatic carbocycles. The van der Waals surface area contributed by atoms with Crippen molar-refractivity contribution in [2.24, 2.45) is 0 Å². The summed E-state index contributed by atoms with van der Waals surface area (Å²) < 4.78 is 20.0. The monoisotopic (exact) mass is 424 g/mol. The number of nitrogens with zero attached hydrogens (tertiary/aromatic N) is 3. The number of halogens is 2. The van der Waals surface area contributed by atoms with Crippen LogP contribution in [0.4, 0.5) is 10.2 Å². The summed E-state index contributed by atoms with van der Waals surface area (Å²) >= 11 is 6.21. The average molecular weight is 425 g/mol. The minimum atomic E-state index is -0.384. The zero-order chi connectivity index (χ0) is 21.1. The minimum Gasteiger partial charge on any atom is -0.379 e. The van der Waals surface area contributed by atoms with E-state index in [1.54, 1.807) is 23.0 Å². The van der Waals surface area contributed by atoms with Gasteiger partial charge in [0.2, 0.25) is 0 Å². The van der Waals surface area contributed by atoms with Gasteiger partial charge < -0.3 is 10.1 Å². The van der Waals surface area contributed by atoms with E-state index in [9.17, 15) is 9.18 Å². The summed E-state index contributed by atoms with van der Waals surface area (Å²) in [4.78, 5) is 17.2. The number of anilines is 1. The first-order chi connectivity index (χ1) is 14.5. The molecule has 1 N–H and O–H groups in total. The van der Waals surface area contributed by atoms with Crippen LogP contribution in [0.1, 0.15) is 39.6 Å². The zero-order valence-corrected chi connectivity index (χ0v) is 16.9. The van der Waals surface area contributed by atoms with Gasteiger partial charge in [0.15, 0.2) is 0 Å². The fourth-order valence-corrected chi connectivity index (χ4v) is 3.38. The second kappa shape index (κ2) is 8.66. The van der Waals surface area contributed by atoms with Crippen molar-refractivity contribution < 1.29 is 13.9 Å². The zero-order valence-electron chi connectivity index (χ0n) is 16.2. The number of benzene rings is 1. The number of hydrogen-bond acceptors (Lipinski definition) is 4. The van der Waals surface area contributed by atoms with Gasteiger partial charge in [0.05, 0.1) is 23.9 Å². The largest absolute Gasteiger partial charge is 0.379 e. The molecule has 8 heteroatoms. The number of nitrogens with one attached hydrogen (secondary N) is 1. The third-order valence-electron chi connectivity index (χ3n) is 4.72. The maximum absolute atomic E-state index is 13.0. The topological polar surface area (TPSA) is 69.0 Å². The molecular weight excluding hydrogens is 407 g/mol. The lowest BCUT2D eigenvalue weighted by Gasteiger charge is -2.13. The van der Waals surface area contributed by atoms with Gasteiger partial charge in [-0.15, -0.1) is 0 Å². The van der Waals surface area contributed by atoms with E-state index in [1.165, 1.54) is 18.3 Å². The molecule has 0 unspecified atom stereocenters. The van der Waals surface area contributed by atoms with Gasteiger partial charge in [-0.1, -0.05) is 23.4 Å². The van der Waals surface area contributed by atoms with Crippen LogP contribution in [-0.4, -0.2) is 33.9 Å². The van der Waals surface area contributed by atoms with Gasteiger partial charge in [0.1, 0.15) is 17.3 Å². The highest BCUT2D eigenvalue weighted by Crippen LogP contribution is 2.25. The Morgan fingerprint density at radius 1 is 1.27 bits per heavy atom. The van der Waals surface area contributed by atoms with E-state index in [2.05, 4.69) is 27.2 Å². The number of ether oxygens (including phenoxy) is 1. The van der Waals surface area contributed by atoms with Gasteiger partial charge in [-0.3, -0.25) is 9.48 Å². The number of carbonyl (C=O) groups is 1. The predicted molar refractivity (Wildman–Crippen MR) is 111 cm³/mol. The van der Waals surface area contributed by atoms with Crippen LogP contribution in [0.2, 0.25) is 5.02 Å². The lowest BCUT2D eigenvalue weighted by Crippen LogP contribution is -2.22. The molecule has 152 valence electrons. The number of hydrogen-bond donors (Lipinski definition) is 1. The third-order valence-corrected chi connectivity index (χ3v) is 5.00. The summed E-state index contributed by atoms with van der Waals surface area (Å²) in [7, 11) is 0. The Morgan fingerprint density at radius 2 is 2.03 bits per heavy atom. The fraction of sp³-hybridized carbons (Fsp3) is 0.227. The van der Waals surface area contributed by atoms with E-state index < -0.39 is 0 Å². The number of amides is 1. The molecule has 3 aromatic rings. The van der Waals surface area contributed by atoms with Crippen LogP contribution in [0.15, 0.2) is 42.7 Å². The molecule has 4 rings (SSSR count). The lowest BCUT2D eigenvalue weighted by atomic mass is 10.1. The first kappa shape index (κ1) is 20.1. The van der Waals surface area contributed by atoms with Gasteiger partial charge in [0.25, 0.3) is 5.91 Å². The van der Waals surface area contributed by atoms with Crippen LogP contribution in [0.5, 0.6) is 0 Å². The van der Waals surface area contributed by atoms with Gasteiger partial charge in [0, 0.05) is 23.9 Å². The molecule has 1 atom stereocenters. The van der Waals surface area contributed by atoms with Crippen LogP contribution in [0, 0.1) is 24.6 Å². The molecule has 1 fully saturated rings. The van der Waals surface area contributed by atoms with Crippen molar-refractivity contribution in [3.05, 3.63) is 75.9 Å². The van der Waals surface area contributed by atoms with Crippen molar-refractivity contribution >= 4 is 23.3 Å². The number of aryl methyl sites for hydroxylation is 1. The van der Waals surface area contributed by atoms with Crippen LogP contribution in [0.3, 0.4) is 0 Å². The third kappa shape index (κ3) is 4.35. The summed E-state index contributed by atoms with van der Waals surface area (Å²) in [5.74, 6) is 5.67. The molecule has 0 saturated carbocycles. The molecule has 1 aliphatic heterocycles. The molecule has 0 bridgehead atoms. The first-order valence-corrected chi connectivity index (χ1v) is 9.75. The van der Waals surface area contributed by atoms with E-state index in [4.69, 9.17) is 16.3 Å². The molecule has 0 radical (unpaired) electrons. The number of carbonyl (C=O) groups excluding carboxylic acids is 1. The quantitative estimate of drug-likeness (QED) is 0.645. The SMILES string of the molecule is Cc1cc(C#Cc2ccc(F)cc2)cnc1NC(=O)c1c(Cl)cnn1[C@H]1CCOC1. The standard InChI is InChI=1S/C22H18ClFN4O2/c1-14-10-16(3-2-15-4-6-17(24)7-5-15)11-25-21(14)27-22(29)20-19(23)12-26-28(20)18-8-9-30-13-18/h4-7,10-12,18H,8-9,13H2,1H3,(H,25,27,29)/t18-/m0/s1. The molecule has 2 aromatic heterocycles. The Bertz CT molecular complexity index is 1140. The molecule has 30 heavy (non-hydrogen) atoms. The average Bonchev–Trinajstić information content (AvgIpc) is 3.39. The summed E-state index contributed by atoms with van der Waals surface area (Å²) in [5, 5.41) is 7.31. The highest BCUT2D eigenvalue weighted by molar-refractivity contribution is 6.34. The number of pyridine rings is 1. The minimum absolute atomic E-state index is 0.0172. The molecule has 1 saturated heterocycles. The van der Waals surface area contributed by atoms with Gasteiger partial charge in [-0.05, 0) is 49.2 Å². The highest BCUT2D eigenvalue weighted by atomic mass is 35.5. The van der Waals surface area contributed by atoms with Gasteiger partial charge in [-0.2, -0.15) is 5.10 Å². The molecule has 1 amide bonds. The van der Waals surface area contributed by atoms with Crippen molar-refractivity contribution in [2.75, 3.05) is 18.5 Å². The Labute approximate surface area is 178 Å². The van der Waals surface area contributed by atoms with Crippen LogP contribution < -0.4 is 5.32 Å². The Balaban J connectivity index is 1.51. The van der Waals surface area contributed by atoms with Crippen LogP contribution in [0.25, 0.3) is 0 Å². The normalized spacial score (nSPS) is 15.5. The van der Waals surface area contributed by atoms with E-state index in [0.717, 1.165) is 12.0 Å². The van der Waals surface area contributed by atoms with Crippen molar-refractivity contribution in [1.29, 1.82) is 0 Å². The van der Waals surface area contributed by atoms with Crippen molar-refractivity contribution in [2.45, 2.75) is 19.4 Å². The van der Waals surface area contributed by atoms with E-state index in [1.807, 2.05) is 13.0 Å². The number of aromatic nitrogens is 3. The molecule has 3 heterocycles. The summed E-state index contributed by atoms with van der Waals surface area (Å²) in [6.07, 6.45) is 3.81. The second-order valence-electron chi connectivity index (χ2n) is 6.90. The summed E-state index contributed by atoms with van der Waals surface area (Å²) in [6.45, 7) is 2.96. The maximum Gasteiger partial charge on any atom is 0.276 e. The van der Waals surface area contributed by atoms with Crippen molar-refractivity contribution in [1.82, 2.24) is 14.8 Å². The Hall–Kier alpha value is -3.21. The Kier molecular flexibility index (Phi) is 5.79. The maximum atomic E-state index is 13.0. The molecule has 0 spiro atoms. The van der Waals surface area contributed by atoms with Crippen LogP contribution >= 0.6 is 11.6 Å². The predicted octanol–water partition coefficient (Wildman–Crippen LogP) is 3.99. The molecular formula is C22H18ClFN4O2. The Morgan fingerprint density at radius 3 is 2.73 bits per heavy atom. The van der Waals surface area contributed by atoms with E-state index in [-0.39, 0.29) is 28.5 Å². The smallest absolute Gasteiger partial charge is 0.276 e. The fourth-order valence-electron chi connectivity index (χ4n) is 3.16. The second-order valence-corrected chi connectivity index (χ2v) is 7.31. The lowest BCUT2D eigenvalue weighted by molar-refractivity contribution is 0.101. The summed E-state index contributed by atoms with van der Waals surface area (Å²) in [6, 6.07) is 7.75. The van der Waals surface area contributed by atoms with Crippen molar-refractivity contribution in [3.8, 4) is 11.8 Å². The molecule has 1 aromatic carbocycles. The highest BCUT2D eigenvalue weighted by Gasteiger charge is 2.26. The van der Waals surface area contributed by atoms with Gasteiger partial charge >= 0.3 is 0 Å². The van der Waals surface area contributed by atoms with E-state index in [0.29, 0.717) is 30.2 Å². The summed E-state index contributed by atoms with van der Waals surface area (Å²) in [5.41, 5.74) is 2.42. The number of rotatable bonds is 3. The van der Waals surface area contributed by atoms with E-state index >= 15 is 0 Å². The molecule has 6 nitrogen and oxygen atoms in total. The van der Waals surface area contributed by atoms with Crippen molar-refractivity contribution in [3.63, 3.8) is 0 Å². The molecule has 1 aliphatic rings. The van der Waals surface area contributed by atoms with Crippen LogP contribution in [-0.2, 0) is 4.74 Å².